The van der Waals surface area contributed by atoms with Gasteiger partial charge in [0.05, 0.1) is 11.3 Å². The molecule has 0 unspecified atom stereocenters. The van der Waals surface area contributed by atoms with Crippen LogP contribution in [0.1, 0.15) is 23.0 Å². The van der Waals surface area contributed by atoms with Crippen LogP contribution in [-0.2, 0) is 6.18 Å². The monoisotopic (exact) mass is 374 g/mol. The van der Waals surface area contributed by atoms with Crippen molar-refractivity contribution in [3.05, 3.63) is 47.8 Å². The smallest absolute Gasteiger partial charge is 0.332 e. The summed E-state index contributed by atoms with van der Waals surface area (Å²) in [7, 11) is 0. The summed E-state index contributed by atoms with van der Waals surface area (Å²) >= 11 is 0. The summed E-state index contributed by atoms with van der Waals surface area (Å²) in [5.74, 6) is -0.213. The Labute approximate surface area is 149 Å². The number of rotatable bonds is 2. The van der Waals surface area contributed by atoms with Crippen LogP contribution in [0.4, 0.5) is 13.2 Å². The summed E-state index contributed by atoms with van der Waals surface area (Å²) in [6.07, 6.45) is -2.92. The molecule has 2 heterocycles. The van der Waals surface area contributed by atoms with Crippen LogP contribution in [0.5, 0.6) is 0 Å². The van der Waals surface area contributed by atoms with Gasteiger partial charge in [0.1, 0.15) is 0 Å². The number of hydrogen-bond donors (Lipinski definition) is 1. The van der Waals surface area contributed by atoms with Gasteiger partial charge in [0.2, 0.25) is 0 Å². The summed E-state index contributed by atoms with van der Waals surface area (Å²) in [5, 5.41) is 7.35. The predicted molar refractivity (Wildman–Crippen MR) is 89.2 cm³/mol. The maximum atomic E-state index is 12.8. The lowest BCUT2D eigenvalue weighted by molar-refractivity contribution is -0.137. The first-order valence-electron chi connectivity index (χ1n) is 7.61. The minimum Gasteiger partial charge on any atom is -0.332 e. The van der Waals surface area contributed by atoms with Crippen molar-refractivity contribution in [2.24, 2.45) is 0 Å². The Bertz CT molecular complexity index is 747. The van der Waals surface area contributed by atoms with Crippen LogP contribution in [0.2, 0.25) is 0 Å². The van der Waals surface area contributed by atoms with E-state index in [9.17, 15) is 18.0 Å². The zero-order chi connectivity index (χ0) is 17.3. The Morgan fingerprint density at radius 2 is 2.08 bits per heavy atom. The number of alkyl halides is 3. The molecule has 1 saturated heterocycles. The maximum Gasteiger partial charge on any atom is 0.416 e. The van der Waals surface area contributed by atoms with Gasteiger partial charge in [0.25, 0.3) is 5.91 Å². The third-order valence-electron chi connectivity index (χ3n) is 4.01. The van der Waals surface area contributed by atoms with Crippen molar-refractivity contribution in [1.29, 1.82) is 0 Å². The van der Waals surface area contributed by atoms with Gasteiger partial charge in [0.15, 0.2) is 5.69 Å². The topological polar surface area (TPSA) is 50.2 Å². The lowest BCUT2D eigenvalue weighted by Gasteiger charge is -2.33. The highest BCUT2D eigenvalue weighted by Crippen LogP contribution is 2.30. The number of amides is 1. The molecule has 0 aliphatic carbocycles. The standard InChI is InChI=1S/C16H17F3N4O.ClH/c1-11-10-20-6-8-22(11)15(24)14-5-7-23(21-14)13-4-2-3-12(9-13)16(17,18)19;/h2-5,7,9,11,20H,6,8,10H2,1H3;1H/t11-;/m0./s1. The van der Waals surface area contributed by atoms with Crippen LogP contribution in [0.3, 0.4) is 0 Å². The van der Waals surface area contributed by atoms with Gasteiger partial charge < -0.3 is 10.2 Å². The molecule has 3 rings (SSSR count). The van der Waals surface area contributed by atoms with Crippen molar-refractivity contribution in [2.45, 2.75) is 19.1 Å². The van der Waals surface area contributed by atoms with Gasteiger partial charge in [-0.3, -0.25) is 4.79 Å². The lowest BCUT2D eigenvalue weighted by atomic mass is 10.2. The number of piperazine rings is 1. The van der Waals surface area contributed by atoms with Crippen molar-refractivity contribution >= 4 is 18.3 Å². The van der Waals surface area contributed by atoms with Crippen LogP contribution in [0.25, 0.3) is 5.69 Å². The zero-order valence-corrected chi connectivity index (χ0v) is 14.3. The van der Waals surface area contributed by atoms with E-state index in [1.165, 1.54) is 29.1 Å². The number of hydrogen-bond acceptors (Lipinski definition) is 3. The van der Waals surface area contributed by atoms with E-state index >= 15 is 0 Å². The molecule has 1 aromatic carbocycles. The Balaban J connectivity index is 0.00000225. The Kier molecular flexibility index (Phi) is 5.74. The van der Waals surface area contributed by atoms with Gasteiger partial charge in [-0.2, -0.15) is 18.3 Å². The molecule has 25 heavy (non-hydrogen) atoms. The minimum absolute atomic E-state index is 0. The number of carbonyl (C=O) groups is 1. The Hall–Kier alpha value is -2.06. The molecule has 0 radical (unpaired) electrons. The number of benzene rings is 1. The average Bonchev–Trinajstić information content (AvgIpc) is 3.04. The van der Waals surface area contributed by atoms with Crippen LogP contribution in [0.15, 0.2) is 36.5 Å². The first-order valence-corrected chi connectivity index (χ1v) is 7.61. The summed E-state index contributed by atoms with van der Waals surface area (Å²) in [5.41, 5.74) is -0.266. The molecular weight excluding hydrogens is 357 g/mol. The number of carbonyl (C=O) groups excluding carboxylic acids is 1. The molecule has 1 amide bonds. The Morgan fingerprint density at radius 1 is 1.32 bits per heavy atom. The van der Waals surface area contributed by atoms with Gasteiger partial charge in [-0.15, -0.1) is 12.4 Å². The molecule has 0 spiro atoms. The van der Waals surface area contributed by atoms with Crippen molar-refractivity contribution < 1.29 is 18.0 Å². The predicted octanol–water partition coefficient (Wildman–Crippen LogP) is 2.75. The van der Waals surface area contributed by atoms with Crippen molar-refractivity contribution in [3.8, 4) is 5.69 Å². The molecule has 136 valence electrons. The molecule has 1 N–H and O–H groups in total. The van der Waals surface area contributed by atoms with E-state index in [2.05, 4.69) is 10.4 Å². The Morgan fingerprint density at radius 3 is 2.76 bits per heavy atom. The van der Waals surface area contributed by atoms with Gasteiger partial charge in [-0.1, -0.05) is 6.07 Å². The molecule has 1 atom stereocenters. The van der Waals surface area contributed by atoms with Crippen LogP contribution in [0, 0.1) is 0 Å². The van der Waals surface area contributed by atoms with Gasteiger partial charge >= 0.3 is 6.18 Å². The normalized spacial score (nSPS) is 17.9. The molecular formula is C16H18ClF3N4O. The largest absolute Gasteiger partial charge is 0.416 e. The number of aromatic nitrogens is 2. The molecule has 1 fully saturated rings. The van der Waals surface area contributed by atoms with Gasteiger partial charge in [0, 0.05) is 31.9 Å². The first-order chi connectivity index (χ1) is 11.4. The van der Waals surface area contributed by atoms with Crippen LogP contribution >= 0.6 is 12.4 Å². The number of nitrogens with one attached hydrogen (secondary N) is 1. The molecule has 1 aliphatic heterocycles. The third-order valence-corrected chi connectivity index (χ3v) is 4.01. The lowest BCUT2D eigenvalue weighted by Crippen LogP contribution is -2.52. The van der Waals surface area contributed by atoms with Gasteiger partial charge in [-0.25, -0.2) is 4.68 Å². The van der Waals surface area contributed by atoms with Crippen LogP contribution < -0.4 is 5.32 Å². The zero-order valence-electron chi connectivity index (χ0n) is 13.5. The molecule has 0 saturated carbocycles. The summed E-state index contributed by atoms with van der Waals surface area (Å²) < 4.78 is 39.7. The second kappa shape index (κ2) is 7.45. The number of halogens is 4. The SMILES string of the molecule is C[C@H]1CNCCN1C(=O)c1ccn(-c2cccc(C(F)(F)F)c2)n1.Cl. The summed E-state index contributed by atoms with van der Waals surface area (Å²) in [6, 6.07) is 6.42. The minimum atomic E-state index is -4.42. The van der Waals surface area contributed by atoms with Crippen molar-refractivity contribution in [1.82, 2.24) is 20.0 Å². The molecule has 5 nitrogen and oxygen atoms in total. The van der Waals surface area contributed by atoms with E-state index in [0.717, 1.165) is 12.1 Å². The van der Waals surface area contributed by atoms with E-state index in [0.29, 0.717) is 19.6 Å². The highest BCUT2D eigenvalue weighted by Gasteiger charge is 2.31. The van der Waals surface area contributed by atoms with Crippen molar-refractivity contribution in [2.75, 3.05) is 19.6 Å². The highest BCUT2D eigenvalue weighted by molar-refractivity contribution is 5.92. The molecule has 1 aromatic heterocycles. The highest BCUT2D eigenvalue weighted by atomic mass is 35.5. The van der Waals surface area contributed by atoms with Gasteiger partial charge in [-0.05, 0) is 31.2 Å². The van der Waals surface area contributed by atoms with E-state index in [-0.39, 0.29) is 35.7 Å². The fraction of sp³-hybridized carbons (Fsp3) is 0.375. The molecule has 1 aliphatic rings. The third kappa shape index (κ3) is 4.13. The quantitative estimate of drug-likeness (QED) is 0.879. The number of nitrogens with zero attached hydrogens (tertiary/aromatic N) is 3. The van der Waals surface area contributed by atoms with E-state index < -0.39 is 11.7 Å². The molecule has 2 aromatic rings. The fourth-order valence-corrected chi connectivity index (χ4v) is 2.70. The molecule has 0 bridgehead atoms. The van der Waals surface area contributed by atoms with E-state index in [1.807, 2.05) is 6.92 Å². The summed E-state index contributed by atoms with van der Waals surface area (Å²) in [6.45, 7) is 3.94. The fourth-order valence-electron chi connectivity index (χ4n) is 2.70. The maximum absolute atomic E-state index is 12.8. The summed E-state index contributed by atoms with van der Waals surface area (Å²) in [4.78, 5) is 14.2. The second-order valence-electron chi connectivity index (χ2n) is 5.75. The van der Waals surface area contributed by atoms with E-state index in [1.54, 1.807) is 4.90 Å². The van der Waals surface area contributed by atoms with Crippen molar-refractivity contribution in [3.63, 3.8) is 0 Å². The first kappa shape index (κ1) is 19.3. The second-order valence-corrected chi connectivity index (χ2v) is 5.75. The van der Waals surface area contributed by atoms with E-state index in [4.69, 9.17) is 0 Å². The average molecular weight is 375 g/mol. The van der Waals surface area contributed by atoms with Crippen LogP contribution in [-0.4, -0.2) is 46.3 Å². The molecule has 9 heteroatoms.